The Hall–Kier alpha value is -0.820. The molecule has 1 nitrogen and oxygen atoms in total. The van der Waals surface area contributed by atoms with E-state index in [2.05, 4.69) is 42.2 Å². The van der Waals surface area contributed by atoms with E-state index in [1.165, 1.54) is 38.9 Å². The van der Waals surface area contributed by atoms with Crippen LogP contribution in [0, 0.1) is 11.8 Å². The van der Waals surface area contributed by atoms with Crippen LogP contribution in [0.5, 0.6) is 0 Å². The van der Waals surface area contributed by atoms with Crippen LogP contribution < -0.4 is 0 Å². The molecule has 0 N–H and O–H groups in total. The van der Waals surface area contributed by atoms with Gasteiger partial charge in [-0.15, -0.1) is 0 Å². The number of hydrogen-bond acceptors (Lipinski definition) is 1. The number of rotatable bonds is 3. The van der Waals surface area contributed by atoms with E-state index in [1.54, 1.807) is 5.56 Å². The Balaban J connectivity index is 0.000000637. The van der Waals surface area contributed by atoms with Crippen LogP contribution in [0.1, 0.15) is 51.5 Å². The van der Waals surface area contributed by atoms with Gasteiger partial charge in [0.15, 0.2) is 0 Å². The van der Waals surface area contributed by atoms with E-state index in [9.17, 15) is 0 Å². The van der Waals surface area contributed by atoms with E-state index in [4.69, 9.17) is 0 Å². The fraction of sp³-hybridized carbons (Fsp3) is 0.667. The molecule has 0 aromatic heterocycles. The van der Waals surface area contributed by atoms with E-state index in [-0.39, 0.29) is 0 Å². The maximum Gasteiger partial charge on any atom is 0.00130 e. The zero-order valence-corrected chi connectivity index (χ0v) is 12.8. The largest absolute Gasteiger partial charge is 0.303 e. The average Bonchev–Trinajstić information content (AvgIpc) is 3.26. The summed E-state index contributed by atoms with van der Waals surface area (Å²) in [5, 5.41) is 0. The van der Waals surface area contributed by atoms with Crippen molar-refractivity contribution in [1.82, 2.24) is 4.90 Å². The van der Waals surface area contributed by atoms with Crippen LogP contribution in [-0.2, 0) is 0 Å². The van der Waals surface area contributed by atoms with Gasteiger partial charge < -0.3 is 4.90 Å². The first kappa shape index (κ1) is 14.6. The van der Waals surface area contributed by atoms with Crippen LogP contribution in [-0.4, -0.2) is 24.5 Å². The van der Waals surface area contributed by atoms with Gasteiger partial charge in [-0.1, -0.05) is 51.1 Å². The van der Waals surface area contributed by atoms with Crippen molar-refractivity contribution in [3.63, 3.8) is 0 Å². The SMILES string of the molecule is CC.CC1CN(CC2CC2)CCC1c1ccccc1. The van der Waals surface area contributed by atoms with Crippen LogP contribution in [0.4, 0.5) is 0 Å². The molecule has 0 radical (unpaired) electrons. The first-order valence-corrected chi connectivity index (χ1v) is 8.10. The molecule has 2 fully saturated rings. The molecular formula is C18H29N. The van der Waals surface area contributed by atoms with Crippen LogP contribution >= 0.6 is 0 Å². The van der Waals surface area contributed by atoms with Gasteiger partial charge in [-0.25, -0.2) is 0 Å². The summed E-state index contributed by atoms with van der Waals surface area (Å²) >= 11 is 0. The molecule has 2 aliphatic rings. The molecule has 2 unspecified atom stereocenters. The number of benzene rings is 1. The Morgan fingerprint density at radius 3 is 2.32 bits per heavy atom. The Morgan fingerprint density at radius 1 is 1.05 bits per heavy atom. The standard InChI is InChI=1S/C16H23N.C2H6/c1-13-11-17(12-14-7-8-14)10-9-16(13)15-5-3-2-4-6-15;1-2/h2-6,13-14,16H,7-12H2,1H3;1-2H3. The van der Waals surface area contributed by atoms with E-state index >= 15 is 0 Å². The monoisotopic (exact) mass is 259 g/mol. The minimum Gasteiger partial charge on any atom is -0.303 e. The fourth-order valence-corrected chi connectivity index (χ4v) is 3.26. The normalized spacial score (nSPS) is 27.5. The predicted octanol–water partition coefficient (Wildman–Crippen LogP) is 4.55. The van der Waals surface area contributed by atoms with Gasteiger partial charge in [0, 0.05) is 13.1 Å². The second-order valence-electron chi connectivity index (χ2n) is 5.99. The highest BCUT2D eigenvalue weighted by Gasteiger charge is 2.30. The maximum absolute atomic E-state index is 2.70. The Labute approximate surface area is 119 Å². The van der Waals surface area contributed by atoms with Gasteiger partial charge in [0.1, 0.15) is 0 Å². The summed E-state index contributed by atoms with van der Waals surface area (Å²) in [5.74, 6) is 2.63. The Morgan fingerprint density at radius 2 is 1.74 bits per heavy atom. The molecule has 1 saturated heterocycles. The third-order valence-corrected chi connectivity index (χ3v) is 4.43. The number of nitrogens with zero attached hydrogens (tertiary/aromatic N) is 1. The van der Waals surface area contributed by atoms with Crippen molar-refractivity contribution in [2.75, 3.05) is 19.6 Å². The summed E-state index contributed by atoms with van der Waals surface area (Å²) in [6, 6.07) is 11.1. The molecule has 1 heterocycles. The van der Waals surface area contributed by atoms with Crippen LogP contribution in [0.15, 0.2) is 30.3 Å². The highest BCUT2D eigenvalue weighted by molar-refractivity contribution is 5.21. The van der Waals surface area contributed by atoms with Gasteiger partial charge in [0.25, 0.3) is 0 Å². The van der Waals surface area contributed by atoms with Crippen molar-refractivity contribution in [3.05, 3.63) is 35.9 Å². The average molecular weight is 259 g/mol. The molecule has 1 saturated carbocycles. The molecule has 3 rings (SSSR count). The Bertz CT molecular complexity index is 355. The Kier molecular flexibility index (Phi) is 5.45. The number of likely N-dealkylation sites (tertiary alicyclic amines) is 1. The third kappa shape index (κ3) is 4.07. The molecule has 106 valence electrons. The van der Waals surface area contributed by atoms with Gasteiger partial charge in [0.05, 0.1) is 0 Å². The van der Waals surface area contributed by atoms with Gasteiger partial charge in [-0.3, -0.25) is 0 Å². The molecule has 0 spiro atoms. The van der Waals surface area contributed by atoms with Crippen LogP contribution in [0.25, 0.3) is 0 Å². The van der Waals surface area contributed by atoms with Crippen molar-refractivity contribution < 1.29 is 0 Å². The molecule has 0 bridgehead atoms. The number of piperidine rings is 1. The maximum atomic E-state index is 2.70. The lowest BCUT2D eigenvalue weighted by molar-refractivity contribution is 0.157. The van der Waals surface area contributed by atoms with Gasteiger partial charge in [-0.2, -0.15) is 0 Å². The summed E-state index contributed by atoms with van der Waals surface area (Å²) in [4.78, 5) is 2.70. The molecule has 19 heavy (non-hydrogen) atoms. The second kappa shape index (κ2) is 7.09. The third-order valence-electron chi connectivity index (χ3n) is 4.43. The van der Waals surface area contributed by atoms with Crippen molar-refractivity contribution in [2.24, 2.45) is 11.8 Å². The molecule has 1 aliphatic carbocycles. The molecule has 1 aliphatic heterocycles. The van der Waals surface area contributed by atoms with Crippen LogP contribution in [0.2, 0.25) is 0 Å². The van der Waals surface area contributed by atoms with Crippen molar-refractivity contribution in [2.45, 2.75) is 46.0 Å². The second-order valence-corrected chi connectivity index (χ2v) is 5.99. The first-order chi connectivity index (χ1) is 9.33. The molecule has 0 amide bonds. The summed E-state index contributed by atoms with van der Waals surface area (Å²) in [6.45, 7) is 10.4. The predicted molar refractivity (Wildman–Crippen MR) is 83.5 cm³/mol. The van der Waals surface area contributed by atoms with E-state index in [1.807, 2.05) is 13.8 Å². The highest BCUT2D eigenvalue weighted by atomic mass is 15.1. The van der Waals surface area contributed by atoms with E-state index in [0.29, 0.717) is 0 Å². The minimum atomic E-state index is 0.784. The summed E-state index contributed by atoms with van der Waals surface area (Å²) in [5.41, 5.74) is 1.55. The molecule has 2 atom stereocenters. The first-order valence-electron chi connectivity index (χ1n) is 8.10. The minimum absolute atomic E-state index is 0.784. The lowest BCUT2D eigenvalue weighted by atomic mass is 9.81. The quantitative estimate of drug-likeness (QED) is 0.770. The molecule has 1 heteroatoms. The van der Waals surface area contributed by atoms with Gasteiger partial charge in [0.2, 0.25) is 0 Å². The lowest BCUT2D eigenvalue weighted by Gasteiger charge is -2.37. The topological polar surface area (TPSA) is 3.24 Å². The van der Waals surface area contributed by atoms with E-state index in [0.717, 1.165) is 17.8 Å². The smallest absolute Gasteiger partial charge is 0.00130 e. The summed E-state index contributed by atoms with van der Waals surface area (Å²) in [6.07, 6.45) is 4.30. The molecular weight excluding hydrogens is 230 g/mol. The molecule has 1 aromatic rings. The summed E-state index contributed by atoms with van der Waals surface area (Å²) < 4.78 is 0. The van der Waals surface area contributed by atoms with E-state index < -0.39 is 0 Å². The number of hydrogen-bond donors (Lipinski definition) is 0. The van der Waals surface area contributed by atoms with Crippen molar-refractivity contribution in [1.29, 1.82) is 0 Å². The lowest BCUT2D eigenvalue weighted by Crippen LogP contribution is -2.39. The van der Waals surface area contributed by atoms with Gasteiger partial charge >= 0.3 is 0 Å². The van der Waals surface area contributed by atoms with Gasteiger partial charge in [-0.05, 0) is 49.1 Å². The zero-order valence-electron chi connectivity index (χ0n) is 12.8. The van der Waals surface area contributed by atoms with Crippen molar-refractivity contribution in [3.8, 4) is 0 Å². The van der Waals surface area contributed by atoms with Crippen molar-refractivity contribution >= 4 is 0 Å². The highest BCUT2D eigenvalue weighted by Crippen LogP contribution is 2.35. The summed E-state index contributed by atoms with van der Waals surface area (Å²) in [7, 11) is 0. The molecule has 1 aromatic carbocycles. The van der Waals surface area contributed by atoms with Crippen LogP contribution in [0.3, 0.4) is 0 Å². The zero-order chi connectivity index (χ0) is 13.7. The fourth-order valence-electron chi connectivity index (χ4n) is 3.26.